The van der Waals surface area contributed by atoms with Gasteiger partial charge in [-0.05, 0) is 70.2 Å². The second-order valence-electron chi connectivity index (χ2n) is 7.82. The van der Waals surface area contributed by atoms with Gasteiger partial charge in [0.2, 0.25) is 5.91 Å². The van der Waals surface area contributed by atoms with Crippen molar-refractivity contribution in [3.05, 3.63) is 71.0 Å². The maximum Gasteiger partial charge on any atom is 0.244 e. The van der Waals surface area contributed by atoms with E-state index >= 15 is 0 Å². The zero-order chi connectivity index (χ0) is 21.7. The second-order valence-corrected chi connectivity index (χ2v) is 7.82. The number of carbonyl (C=O) groups excluding carboxylic acids is 1. The molecule has 158 valence electrons. The molecule has 4 nitrogen and oxygen atoms in total. The Balaban J connectivity index is 1.74. The zero-order valence-corrected chi connectivity index (χ0v) is 18.5. The number of hydrogen-bond acceptors (Lipinski definition) is 3. The smallest absolute Gasteiger partial charge is 0.244 e. The number of benzene rings is 2. The van der Waals surface area contributed by atoms with E-state index in [1.807, 2.05) is 58.9 Å². The minimum absolute atomic E-state index is 0.0873. The maximum atomic E-state index is 12.6. The topological polar surface area (TPSA) is 51.5 Å². The molecule has 3 rings (SSSR count). The van der Waals surface area contributed by atoms with E-state index in [9.17, 15) is 4.79 Å². The molecule has 1 aromatic heterocycles. The molecular weight excluding hydrogens is 374 g/mol. The molecule has 0 saturated heterocycles. The summed E-state index contributed by atoms with van der Waals surface area (Å²) in [5.41, 5.74) is 4.99. The van der Waals surface area contributed by atoms with E-state index in [2.05, 4.69) is 23.5 Å². The third-order valence-electron chi connectivity index (χ3n) is 5.45. The summed E-state index contributed by atoms with van der Waals surface area (Å²) in [6.07, 6.45) is 3.49. The summed E-state index contributed by atoms with van der Waals surface area (Å²) in [7, 11) is 0. The van der Waals surface area contributed by atoms with Crippen LogP contribution in [0.1, 0.15) is 49.6 Å². The highest BCUT2D eigenvalue weighted by Gasteiger charge is 2.15. The van der Waals surface area contributed by atoms with Crippen LogP contribution >= 0.6 is 0 Å². The number of nitrogens with one attached hydrogen (secondary N) is 1. The van der Waals surface area contributed by atoms with Gasteiger partial charge in [-0.2, -0.15) is 0 Å². The van der Waals surface area contributed by atoms with Crippen molar-refractivity contribution >= 4 is 22.4 Å². The Bertz CT molecular complexity index is 1050. The summed E-state index contributed by atoms with van der Waals surface area (Å²) < 4.78 is 11.7. The Morgan fingerprint density at radius 3 is 2.63 bits per heavy atom. The molecule has 0 spiro atoms. The summed E-state index contributed by atoms with van der Waals surface area (Å²) in [5.74, 6) is 1.55. The molecule has 30 heavy (non-hydrogen) atoms. The molecule has 2 aromatic carbocycles. The van der Waals surface area contributed by atoms with Gasteiger partial charge in [-0.3, -0.25) is 4.79 Å². The Labute approximate surface area is 178 Å². The van der Waals surface area contributed by atoms with Gasteiger partial charge < -0.3 is 14.5 Å². The van der Waals surface area contributed by atoms with Gasteiger partial charge in [0.05, 0.1) is 6.61 Å². The van der Waals surface area contributed by atoms with Crippen LogP contribution in [-0.4, -0.2) is 18.6 Å². The van der Waals surface area contributed by atoms with Gasteiger partial charge in [0.1, 0.15) is 17.1 Å². The van der Waals surface area contributed by atoms with E-state index in [1.165, 1.54) is 5.56 Å². The molecule has 4 heteroatoms. The number of fused-ring (bicyclic) bond motifs is 1. The second kappa shape index (κ2) is 9.66. The van der Waals surface area contributed by atoms with Crippen molar-refractivity contribution in [2.24, 2.45) is 0 Å². The Morgan fingerprint density at radius 2 is 1.93 bits per heavy atom. The molecule has 1 N–H and O–H groups in total. The Kier molecular flexibility index (Phi) is 6.99. The lowest BCUT2D eigenvalue weighted by atomic mass is 10.0. The average Bonchev–Trinajstić information content (AvgIpc) is 2.99. The molecular formula is C26H31NO3. The number of amides is 1. The SMILES string of the molecule is CCOc1cc2oc(C)c(C)c2cc1/C(C)=C/C(=O)NC(C)CCc1ccccc1. The van der Waals surface area contributed by atoms with Crippen molar-refractivity contribution in [1.29, 1.82) is 0 Å². The highest BCUT2D eigenvalue weighted by atomic mass is 16.5. The van der Waals surface area contributed by atoms with Crippen LogP contribution in [0.3, 0.4) is 0 Å². The van der Waals surface area contributed by atoms with Gasteiger partial charge in [-0.25, -0.2) is 0 Å². The molecule has 0 saturated carbocycles. The summed E-state index contributed by atoms with van der Waals surface area (Å²) in [5, 5.41) is 4.13. The average molecular weight is 406 g/mol. The summed E-state index contributed by atoms with van der Waals surface area (Å²) in [6, 6.07) is 14.4. The number of aryl methyl sites for hydroxylation is 3. The minimum atomic E-state index is -0.0873. The number of hydrogen-bond donors (Lipinski definition) is 1. The van der Waals surface area contributed by atoms with Gasteiger partial charge >= 0.3 is 0 Å². The van der Waals surface area contributed by atoms with Gasteiger partial charge in [0.25, 0.3) is 0 Å². The Hall–Kier alpha value is -3.01. The van der Waals surface area contributed by atoms with Crippen LogP contribution in [0.25, 0.3) is 16.5 Å². The highest BCUT2D eigenvalue weighted by Crippen LogP contribution is 2.35. The molecule has 1 amide bonds. The third-order valence-corrected chi connectivity index (χ3v) is 5.45. The lowest BCUT2D eigenvalue weighted by Crippen LogP contribution is -2.31. The van der Waals surface area contributed by atoms with Crippen LogP contribution in [-0.2, 0) is 11.2 Å². The van der Waals surface area contributed by atoms with Crippen molar-refractivity contribution < 1.29 is 13.9 Å². The lowest BCUT2D eigenvalue weighted by molar-refractivity contribution is -0.117. The standard InChI is InChI=1S/C26H31NO3/c1-6-29-24-16-25-23(19(4)20(5)30-25)15-22(24)17(2)14-26(28)27-18(3)12-13-21-10-8-7-9-11-21/h7-11,14-16,18H,6,12-13H2,1-5H3,(H,27,28)/b17-14+. The van der Waals surface area contributed by atoms with Gasteiger partial charge in [0.15, 0.2) is 0 Å². The predicted octanol–water partition coefficient (Wildman–Crippen LogP) is 5.99. The molecule has 0 radical (unpaired) electrons. The van der Waals surface area contributed by atoms with Gasteiger partial charge in [0, 0.05) is 29.1 Å². The number of furan rings is 1. The number of carbonyl (C=O) groups is 1. The van der Waals surface area contributed by atoms with Crippen LogP contribution in [0, 0.1) is 13.8 Å². The van der Waals surface area contributed by atoms with Crippen LogP contribution < -0.4 is 10.1 Å². The van der Waals surface area contributed by atoms with E-state index in [1.54, 1.807) is 6.08 Å². The minimum Gasteiger partial charge on any atom is -0.493 e. The van der Waals surface area contributed by atoms with Crippen LogP contribution in [0.2, 0.25) is 0 Å². The maximum absolute atomic E-state index is 12.6. The molecule has 1 atom stereocenters. The van der Waals surface area contributed by atoms with Crippen molar-refractivity contribution in [1.82, 2.24) is 5.32 Å². The molecule has 1 heterocycles. The highest BCUT2D eigenvalue weighted by molar-refractivity contribution is 5.97. The van der Waals surface area contributed by atoms with E-state index < -0.39 is 0 Å². The molecule has 3 aromatic rings. The summed E-state index contributed by atoms with van der Waals surface area (Å²) in [4.78, 5) is 12.6. The lowest BCUT2D eigenvalue weighted by Gasteiger charge is -2.14. The number of ether oxygens (including phenoxy) is 1. The summed E-state index contributed by atoms with van der Waals surface area (Å²) >= 11 is 0. The Morgan fingerprint density at radius 1 is 1.20 bits per heavy atom. The first-order chi connectivity index (χ1) is 14.4. The fraction of sp³-hybridized carbons (Fsp3) is 0.346. The van der Waals surface area contributed by atoms with E-state index in [4.69, 9.17) is 9.15 Å². The van der Waals surface area contributed by atoms with Crippen LogP contribution in [0.5, 0.6) is 5.75 Å². The van der Waals surface area contributed by atoms with Crippen molar-refractivity contribution in [3.63, 3.8) is 0 Å². The molecule has 0 aliphatic carbocycles. The van der Waals surface area contributed by atoms with Crippen molar-refractivity contribution in [2.45, 2.75) is 53.5 Å². The fourth-order valence-electron chi connectivity index (χ4n) is 3.61. The summed E-state index contributed by atoms with van der Waals surface area (Å²) in [6.45, 7) is 10.5. The monoisotopic (exact) mass is 405 g/mol. The first kappa shape index (κ1) is 21.7. The van der Waals surface area contributed by atoms with Crippen LogP contribution in [0.15, 0.2) is 53.0 Å². The van der Waals surface area contributed by atoms with E-state index in [0.29, 0.717) is 6.61 Å². The molecule has 1 unspecified atom stereocenters. The fourth-order valence-corrected chi connectivity index (χ4v) is 3.61. The van der Waals surface area contributed by atoms with Crippen molar-refractivity contribution in [3.8, 4) is 5.75 Å². The molecule has 0 aliphatic heterocycles. The van der Waals surface area contributed by atoms with Gasteiger partial charge in [-0.1, -0.05) is 30.3 Å². The van der Waals surface area contributed by atoms with E-state index in [0.717, 1.165) is 52.0 Å². The first-order valence-electron chi connectivity index (χ1n) is 10.6. The molecule has 0 bridgehead atoms. The predicted molar refractivity (Wildman–Crippen MR) is 123 cm³/mol. The number of rotatable bonds is 8. The van der Waals surface area contributed by atoms with Crippen LogP contribution in [0.4, 0.5) is 0 Å². The zero-order valence-electron chi connectivity index (χ0n) is 18.5. The van der Waals surface area contributed by atoms with Gasteiger partial charge in [-0.15, -0.1) is 0 Å². The largest absolute Gasteiger partial charge is 0.493 e. The molecule has 0 fully saturated rings. The normalized spacial score (nSPS) is 12.8. The third kappa shape index (κ3) is 5.12. The quantitative estimate of drug-likeness (QED) is 0.468. The van der Waals surface area contributed by atoms with E-state index in [-0.39, 0.29) is 11.9 Å². The number of allylic oxidation sites excluding steroid dienone is 1. The molecule has 0 aliphatic rings. The first-order valence-corrected chi connectivity index (χ1v) is 10.6. The van der Waals surface area contributed by atoms with Crippen molar-refractivity contribution in [2.75, 3.05) is 6.61 Å².